The second-order valence-corrected chi connectivity index (χ2v) is 1.90. The van der Waals surface area contributed by atoms with Gasteiger partial charge in [0.05, 0.1) is 12.3 Å². The van der Waals surface area contributed by atoms with Crippen LogP contribution in [0.15, 0.2) is 0 Å². The molecule has 1 heterocycles. The molecule has 1 N–H and O–H groups in total. The molecule has 0 aliphatic rings. The van der Waals surface area contributed by atoms with Crippen LogP contribution >= 0.6 is 0 Å². The number of nitrogens with zero attached hydrogens (tertiary/aromatic N) is 1. The van der Waals surface area contributed by atoms with Gasteiger partial charge in [-0.2, -0.15) is 4.39 Å². The van der Waals surface area contributed by atoms with Crippen LogP contribution in [0, 0.1) is 12.9 Å². The Morgan fingerprint density at radius 1 is 1.70 bits per heavy atom. The Kier molecular flexibility index (Phi) is 1.89. The van der Waals surface area contributed by atoms with Crippen molar-refractivity contribution in [2.45, 2.75) is 13.8 Å². The lowest BCUT2D eigenvalue weighted by Gasteiger charge is -1.98. The van der Waals surface area contributed by atoms with E-state index in [9.17, 15) is 4.39 Å². The average molecular weight is 144 g/mol. The minimum Gasteiger partial charge on any atom is -0.487 e. The largest absolute Gasteiger partial charge is 0.487 e. The third kappa shape index (κ3) is 1.10. The topological polar surface area (TPSA) is 37.9 Å². The molecule has 0 aliphatic carbocycles. The van der Waals surface area contributed by atoms with E-state index in [4.69, 9.17) is 4.74 Å². The normalized spacial score (nSPS) is 9.90. The van der Waals surface area contributed by atoms with Gasteiger partial charge >= 0.3 is 0 Å². The maximum Gasteiger partial charge on any atom is 0.274 e. The predicted octanol–water partition coefficient (Wildman–Crippen LogP) is 1.26. The number of aromatic amines is 1. The first kappa shape index (κ1) is 7.05. The third-order valence-corrected chi connectivity index (χ3v) is 1.14. The number of halogens is 1. The predicted molar refractivity (Wildman–Crippen MR) is 34.5 cm³/mol. The smallest absolute Gasteiger partial charge is 0.274 e. The molecule has 0 atom stereocenters. The van der Waals surface area contributed by atoms with E-state index in [2.05, 4.69) is 10.2 Å². The Morgan fingerprint density at radius 2 is 2.40 bits per heavy atom. The summed E-state index contributed by atoms with van der Waals surface area (Å²) in [4.78, 5) is 0. The summed E-state index contributed by atoms with van der Waals surface area (Å²) in [6.07, 6.45) is 0. The van der Waals surface area contributed by atoms with Gasteiger partial charge in [-0.25, -0.2) is 0 Å². The first-order valence-electron chi connectivity index (χ1n) is 3.09. The molecule has 0 aliphatic heterocycles. The van der Waals surface area contributed by atoms with Gasteiger partial charge in [0, 0.05) is 0 Å². The number of aryl methyl sites for hydroxylation is 1. The van der Waals surface area contributed by atoms with Gasteiger partial charge in [-0.15, -0.1) is 5.10 Å². The second-order valence-electron chi connectivity index (χ2n) is 1.90. The van der Waals surface area contributed by atoms with E-state index in [1.165, 1.54) is 0 Å². The van der Waals surface area contributed by atoms with Crippen molar-refractivity contribution < 1.29 is 9.13 Å². The highest BCUT2D eigenvalue weighted by molar-refractivity contribution is 5.23. The summed E-state index contributed by atoms with van der Waals surface area (Å²) < 4.78 is 17.5. The van der Waals surface area contributed by atoms with Crippen molar-refractivity contribution in [2.24, 2.45) is 0 Å². The molecule has 0 aromatic carbocycles. The van der Waals surface area contributed by atoms with Gasteiger partial charge in [0.2, 0.25) is 0 Å². The molecule has 0 fully saturated rings. The van der Waals surface area contributed by atoms with Crippen LogP contribution in [0.1, 0.15) is 12.6 Å². The fourth-order valence-corrected chi connectivity index (χ4v) is 0.701. The van der Waals surface area contributed by atoms with E-state index in [1.807, 2.05) is 0 Å². The molecular weight excluding hydrogens is 135 g/mol. The fraction of sp³-hybridized carbons (Fsp3) is 0.500. The zero-order chi connectivity index (χ0) is 7.56. The zero-order valence-corrected chi connectivity index (χ0v) is 5.94. The molecular formula is C6H9FN2O. The summed E-state index contributed by atoms with van der Waals surface area (Å²) in [5.41, 5.74) is 0.624. The van der Waals surface area contributed by atoms with Crippen LogP contribution in [0.25, 0.3) is 0 Å². The molecule has 1 rings (SSSR count). The summed E-state index contributed by atoms with van der Waals surface area (Å²) in [5.74, 6) is -0.346. The van der Waals surface area contributed by atoms with Crippen LogP contribution < -0.4 is 4.74 Å². The highest BCUT2D eigenvalue weighted by atomic mass is 19.1. The summed E-state index contributed by atoms with van der Waals surface area (Å²) in [6, 6.07) is 0. The fourth-order valence-electron chi connectivity index (χ4n) is 0.701. The molecule has 1 aromatic heterocycles. The minimum atomic E-state index is -0.570. The molecule has 4 heteroatoms. The standard InChI is InChI=1S/C6H9FN2O/c1-3-10-5-4(2)8-9-6(5)7/h3H2,1-2H3,(H,8,9). The molecule has 0 bridgehead atoms. The summed E-state index contributed by atoms with van der Waals surface area (Å²) in [6.45, 7) is 3.96. The van der Waals surface area contributed by atoms with Crippen molar-refractivity contribution in [1.29, 1.82) is 0 Å². The average Bonchev–Trinajstić information content (AvgIpc) is 2.20. The Labute approximate surface area is 58.2 Å². The van der Waals surface area contributed by atoms with E-state index in [-0.39, 0.29) is 5.75 Å². The van der Waals surface area contributed by atoms with Crippen molar-refractivity contribution in [3.8, 4) is 5.75 Å². The van der Waals surface area contributed by atoms with Crippen LogP contribution in [-0.4, -0.2) is 16.8 Å². The molecule has 0 spiro atoms. The molecule has 3 nitrogen and oxygen atoms in total. The number of H-pyrrole nitrogens is 1. The lowest BCUT2D eigenvalue weighted by molar-refractivity contribution is 0.318. The van der Waals surface area contributed by atoms with Gasteiger partial charge in [-0.05, 0) is 13.8 Å². The molecule has 56 valence electrons. The lowest BCUT2D eigenvalue weighted by Crippen LogP contribution is -1.93. The zero-order valence-electron chi connectivity index (χ0n) is 5.94. The molecule has 0 saturated carbocycles. The van der Waals surface area contributed by atoms with E-state index >= 15 is 0 Å². The van der Waals surface area contributed by atoms with Gasteiger partial charge in [-0.1, -0.05) is 0 Å². The maximum atomic E-state index is 12.5. The Hall–Kier alpha value is -1.06. The molecule has 1 aromatic rings. The van der Waals surface area contributed by atoms with Gasteiger partial charge < -0.3 is 4.74 Å². The molecule has 0 saturated heterocycles. The van der Waals surface area contributed by atoms with Crippen LogP contribution in [0.3, 0.4) is 0 Å². The van der Waals surface area contributed by atoms with Crippen LogP contribution in [0.2, 0.25) is 0 Å². The van der Waals surface area contributed by atoms with Crippen molar-refractivity contribution in [3.05, 3.63) is 11.6 Å². The lowest BCUT2D eigenvalue weighted by atomic mass is 10.4. The minimum absolute atomic E-state index is 0.225. The number of hydrogen-bond acceptors (Lipinski definition) is 2. The molecule has 10 heavy (non-hydrogen) atoms. The number of rotatable bonds is 2. The first-order chi connectivity index (χ1) is 4.75. The van der Waals surface area contributed by atoms with E-state index < -0.39 is 5.95 Å². The number of ether oxygens (including phenoxy) is 1. The third-order valence-electron chi connectivity index (χ3n) is 1.14. The number of hydrogen-bond donors (Lipinski definition) is 1. The van der Waals surface area contributed by atoms with Gasteiger partial charge in [-0.3, -0.25) is 5.10 Å². The van der Waals surface area contributed by atoms with Crippen molar-refractivity contribution in [2.75, 3.05) is 6.61 Å². The number of nitrogens with one attached hydrogen (secondary N) is 1. The van der Waals surface area contributed by atoms with Gasteiger partial charge in [0.1, 0.15) is 0 Å². The van der Waals surface area contributed by atoms with Crippen molar-refractivity contribution >= 4 is 0 Å². The molecule has 0 amide bonds. The SMILES string of the molecule is CCOc1c(F)n[nH]c1C. The Balaban J connectivity index is 2.87. The van der Waals surface area contributed by atoms with Crippen LogP contribution in [0.5, 0.6) is 5.75 Å². The second kappa shape index (κ2) is 2.68. The van der Waals surface area contributed by atoms with Crippen LogP contribution in [0.4, 0.5) is 4.39 Å². The Morgan fingerprint density at radius 3 is 2.80 bits per heavy atom. The quantitative estimate of drug-likeness (QED) is 0.678. The van der Waals surface area contributed by atoms with Crippen molar-refractivity contribution in [3.63, 3.8) is 0 Å². The monoisotopic (exact) mass is 144 g/mol. The van der Waals surface area contributed by atoms with E-state index in [0.717, 1.165) is 0 Å². The van der Waals surface area contributed by atoms with E-state index in [0.29, 0.717) is 12.3 Å². The molecule has 0 unspecified atom stereocenters. The van der Waals surface area contributed by atoms with E-state index in [1.54, 1.807) is 13.8 Å². The van der Waals surface area contributed by atoms with Crippen LogP contribution in [-0.2, 0) is 0 Å². The highest BCUT2D eigenvalue weighted by Gasteiger charge is 2.08. The van der Waals surface area contributed by atoms with Gasteiger partial charge in [0.15, 0.2) is 5.75 Å². The number of aromatic nitrogens is 2. The molecule has 0 radical (unpaired) electrons. The van der Waals surface area contributed by atoms with Crippen molar-refractivity contribution in [1.82, 2.24) is 10.2 Å². The first-order valence-corrected chi connectivity index (χ1v) is 3.09. The Bertz CT molecular complexity index is 202. The summed E-state index contributed by atoms with van der Waals surface area (Å²) >= 11 is 0. The highest BCUT2D eigenvalue weighted by Crippen LogP contribution is 2.17. The maximum absolute atomic E-state index is 12.5. The van der Waals surface area contributed by atoms with Gasteiger partial charge in [0.25, 0.3) is 5.95 Å². The summed E-state index contributed by atoms with van der Waals surface area (Å²) in [5, 5.41) is 5.79. The summed E-state index contributed by atoms with van der Waals surface area (Å²) in [7, 11) is 0.